The highest BCUT2D eigenvalue weighted by molar-refractivity contribution is 6.41. The minimum absolute atomic E-state index is 0.0200. The van der Waals surface area contributed by atoms with Gasteiger partial charge in [0.05, 0.1) is 23.5 Å². The molecule has 1 aromatic heterocycles. The number of halogens is 2. The summed E-state index contributed by atoms with van der Waals surface area (Å²) in [5, 5.41) is 14.2. The van der Waals surface area contributed by atoms with Crippen molar-refractivity contribution in [3.63, 3.8) is 0 Å². The number of hydrogen-bond donors (Lipinski definition) is 3. The van der Waals surface area contributed by atoms with Gasteiger partial charge in [0.15, 0.2) is 0 Å². The second-order valence-corrected chi connectivity index (χ2v) is 4.73. The molecule has 0 aliphatic heterocycles. The van der Waals surface area contributed by atoms with Gasteiger partial charge in [0, 0.05) is 0 Å². The summed E-state index contributed by atoms with van der Waals surface area (Å²) in [4.78, 5) is 23.3. The lowest BCUT2D eigenvalue weighted by Crippen LogP contribution is -2.37. The van der Waals surface area contributed by atoms with Gasteiger partial charge in [-0.1, -0.05) is 11.6 Å². The molecule has 1 heterocycles. The van der Waals surface area contributed by atoms with Crippen LogP contribution in [0.25, 0.3) is 0 Å². The number of amides is 2. The van der Waals surface area contributed by atoms with Crippen LogP contribution in [-0.2, 0) is 9.59 Å². The summed E-state index contributed by atoms with van der Waals surface area (Å²) in [7, 11) is 0. The fourth-order valence-corrected chi connectivity index (χ4v) is 1.79. The van der Waals surface area contributed by atoms with Crippen LogP contribution in [0, 0.1) is 5.82 Å². The molecule has 0 aliphatic rings. The maximum Gasteiger partial charge on any atom is 0.313 e. The van der Waals surface area contributed by atoms with Crippen LogP contribution in [0.4, 0.5) is 10.1 Å². The van der Waals surface area contributed by atoms with Crippen LogP contribution >= 0.6 is 11.6 Å². The number of carbonyl (C=O) groups is 2. The van der Waals surface area contributed by atoms with Crippen molar-refractivity contribution in [2.24, 2.45) is 0 Å². The number of aliphatic hydroxyl groups excluding tert-OH is 1. The standard InChI is InChI=1S/C14H12ClFN2O4/c15-9-4-3-8(16)6-10(9)18-14(21)13(20)17-7-11(19)12-2-1-5-22-12/h1-6,11,19H,7H2,(H,17,20)(H,18,21). The smallest absolute Gasteiger partial charge is 0.313 e. The third kappa shape index (κ3) is 4.06. The highest BCUT2D eigenvalue weighted by Crippen LogP contribution is 2.22. The molecule has 6 nitrogen and oxygen atoms in total. The van der Waals surface area contributed by atoms with E-state index in [-0.39, 0.29) is 23.0 Å². The molecule has 0 bridgehead atoms. The molecule has 0 spiro atoms. The molecule has 22 heavy (non-hydrogen) atoms. The van der Waals surface area contributed by atoms with Crippen LogP contribution in [0.5, 0.6) is 0 Å². The molecule has 8 heteroatoms. The highest BCUT2D eigenvalue weighted by atomic mass is 35.5. The Balaban J connectivity index is 1.89. The first-order valence-corrected chi connectivity index (χ1v) is 6.61. The lowest BCUT2D eigenvalue weighted by Gasteiger charge is -2.10. The van der Waals surface area contributed by atoms with Crippen LogP contribution in [0.3, 0.4) is 0 Å². The summed E-state index contributed by atoms with van der Waals surface area (Å²) in [5.41, 5.74) is -0.0200. The van der Waals surface area contributed by atoms with Gasteiger partial charge in [0.1, 0.15) is 17.7 Å². The number of furan rings is 1. The quantitative estimate of drug-likeness (QED) is 0.748. The molecular weight excluding hydrogens is 315 g/mol. The minimum Gasteiger partial charge on any atom is -0.467 e. The lowest BCUT2D eigenvalue weighted by molar-refractivity contribution is -0.136. The van der Waals surface area contributed by atoms with Crippen molar-refractivity contribution in [3.8, 4) is 0 Å². The van der Waals surface area contributed by atoms with Crippen molar-refractivity contribution in [1.82, 2.24) is 5.32 Å². The third-order valence-corrected chi connectivity index (χ3v) is 3.04. The van der Waals surface area contributed by atoms with Crippen molar-refractivity contribution < 1.29 is 23.5 Å². The predicted molar refractivity (Wildman–Crippen MR) is 76.7 cm³/mol. The Hall–Kier alpha value is -2.38. The van der Waals surface area contributed by atoms with E-state index in [0.717, 1.165) is 12.1 Å². The van der Waals surface area contributed by atoms with E-state index in [0.29, 0.717) is 0 Å². The topological polar surface area (TPSA) is 91.6 Å². The van der Waals surface area contributed by atoms with Crippen LogP contribution in [0.15, 0.2) is 41.0 Å². The molecule has 3 N–H and O–H groups in total. The first-order chi connectivity index (χ1) is 10.5. The predicted octanol–water partition coefficient (Wildman–Crippen LogP) is 1.86. The largest absolute Gasteiger partial charge is 0.467 e. The second-order valence-electron chi connectivity index (χ2n) is 4.32. The Morgan fingerprint density at radius 1 is 1.32 bits per heavy atom. The van der Waals surface area contributed by atoms with Gasteiger partial charge in [-0.05, 0) is 30.3 Å². The number of rotatable bonds is 4. The molecule has 1 unspecified atom stereocenters. The summed E-state index contributed by atoms with van der Waals surface area (Å²) < 4.78 is 18.0. The monoisotopic (exact) mass is 326 g/mol. The van der Waals surface area contributed by atoms with Gasteiger partial charge in [-0.15, -0.1) is 0 Å². The average Bonchev–Trinajstić information content (AvgIpc) is 3.02. The van der Waals surface area contributed by atoms with Crippen molar-refractivity contribution in [2.45, 2.75) is 6.10 Å². The molecule has 2 amide bonds. The van der Waals surface area contributed by atoms with Gasteiger partial charge >= 0.3 is 11.8 Å². The Kier molecular flexibility index (Phi) is 5.13. The van der Waals surface area contributed by atoms with Crippen LogP contribution in [-0.4, -0.2) is 23.5 Å². The van der Waals surface area contributed by atoms with E-state index in [4.69, 9.17) is 16.0 Å². The zero-order valence-corrected chi connectivity index (χ0v) is 11.9. The molecule has 0 saturated carbocycles. The van der Waals surface area contributed by atoms with E-state index in [9.17, 15) is 19.1 Å². The van der Waals surface area contributed by atoms with Gasteiger partial charge in [0.2, 0.25) is 0 Å². The normalized spacial score (nSPS) is 11.8. The molecule has 116 valence electrons. The lowest BCUT2D eigenvalue weighted by atomic mass is 10.2. The molecule has 2 rings (SSSR count). The van der Waals surface area contributed by atoms with Crippen molar-refractivity contribution in [3.05, 3.63) is 53.2 Å². The first kappa shape index (κ1) is 16.0. The first-order valence-electron chi connectivity index (χ1n) is 6.23. The van der Waals surface area contributed by atoms with Gasteiger partial charge in [0.25, 0.3) is 0 Å². The molecule has 1 aromatic carbocycles. The molecule has 0 fully saturated rings. The number of nitrogens with one attached hydrogen (secondary N) is 2. The second kappa shape index (κ2) is 7.06. The third-order valence-electron chi connectivity index (χ3n) is 2.71. The number of aliphatic hydroxyl groups is 1. The maximum atomic E-state index is 13.1. The zero-order valence-electron chi connectivity index (χ0n) is 11.2. The minimum atomic E-state index is -1.08. The van der Waals surface area contributed by atoms with E-state index < -0.39 is 23.7 Å². The van der Waals surface area contributed by atoms with Gasteiger partial charge in [-0.25, -0.2) is 4.39 Å². The van der Waals surface area contributed by atoms with Crippen molar-refractivity contribution >= 4 is 29.1 Å². The number of anilines is 1. The molecule has 2 aromatic rings. The Morgan fingerprint density at radius 2 is 2.09 bits per heavy atom. The van der Waals surface area contributed by atoms with E-state index >= 15 is 0 Å². The van der Waals surface area contributed by atoms with Crippen molar-refractivity contribution in [1.29, 1.82) is 0 Å². The molecular formula is C14H12ClFN2O4. The SMILES string of the molecule is O=C(NCC(O)c1ccco1)C(=O)Nc1cc(F)ccc1Cl. The van der Waals surface area contributed by atoms with Gasteiger partial charge in [-0.3, -0.25) is 9.59 Å². The maximum absolute atomic E-state index is 13.1. The summed E-state index contributed by atoms with van der Waals surface area (Å²) >= 11 is 5.77. The summed E-state index contributed by atoms with van der Waals surface area (Å²) in [6.07, 6.45) is 0.295. The molecule has 0 radical (unpaired) electrons. The molecule has 1 atom stereocenters. The van der Waals surface area contributed by atoms with E-state index in [2.05, 4.69) is 10.6 Å². The van der Waals surface area contributed by atoms with Crippen LogP contribution in [0.1, 0.15) is 11.9 Å². The fraction of sp³-hybridized carbons (Fsp3) is 0.143. The zero-order chi connectivity index (χ0) is 16.1. The van der Waals surface area contributed by atoms with Crippen LogP contribution in [0.2, 0.25) is 5.02 Å². The van der Waals surface area contributed by atoms with E-state index in [1.165, 1.54) is 18.4 Å². The fourth-order valence-electron chi connectivity index (χ4n) is 1.62. The summed E-state index contributed by atoms with van der Waals surface area (Å²) in [5.74, 6) is -2.37. The molecule has 0 aliphatic carbocycles. The van der Waals surface area contributed by atoms with Gasteiger partial charge < -0.3 is 20.2 Å². The Morgan fingerprint density at radius 3 is 2.77 bits per heavy atom. The Bertz CT molecular complexity index is 675. The molecule has 0 saturated heterocycles. The van der Waals surface area contributed by atoms with E-state index in [1.807, 2.05) is 0 Å². The highest BCUT2D eigenvalue weighted by Gasteiger charge is 2.18. The average molecular weight is 327 g/mol. The van der Waals surface area contributed by atoms with Crippen molar-refractivity contribution in [2.75, 3.05) is 11.9 Å². The Labute approximate surface area is 129 Å². The van der Waals surface area contributed by atoms with E-state index in [1.54, 1.807) is 6.07 Å². The number of carbonyl (C=O) groups excluding carboxylic acids is 2. The summed E-state index contributed by atoms with van der Waals surface area (Å²) in [6.45, 7) is -0.212. The summed E-state index contributed by atoms with van der Waals surface area (Å²) in [6, 6.07) is 6.48. The van der Waals surface area contributed by atoms with Crippen LogP contribution < -0.4 is 10.6 Å². The number of hydrogen-bond acceptors (Lipinski definition) is 4. The van der Waals surface area contributed by atoms with Gasteiger partial charge in [-0.2, -0.15) is 0 Å². The number of benzene rings is 1.